The molecule has 2 aliphatic carbocycles. The van der Waals surface area contributed by atoms with Crippen LogP contribution in [0.3, 0.4) is 0 Å². The molecule has 1 aromatic carbocycles. The third kappa shape index (κ3) is 1.69. The lowest BCUT2D eigenvalue weighted by Crippen LogP contribution is -1.93. The molecule has 0 saturated heterocycles. The molecule has 0 radical (unpaired) electrons. The van der Waals surface area contributed by atoms with Crippen LogP contribution in [0.4, 0.5) is 5.82 Å². The smallest absolute Gasteiger partial charge is 0.175 e. The Labute approximate surface area is 127 Å². The first-order valence-electron chi connectivity index (χ1n) is 6.88. The molecule has 104 valence electrons. The van der Waals surface area contributed by atoms with Crippen LogP contribution < -0.4 is 5.73 Å². The Morgan fingerprint density at radius 3 is 2.40 bits per heavy atom. The number of hydrogen-bond acceptors (Lipinski definition) is 3. The molecule has 2 aromatic rings. The normalized spacial score (nSPS) is 27.6. The predicted octanol–water partition coefficient (Wildman–Crippen LogP) is 4.74. The lowest BCUT2D eigenvalue weighted by atomic mass is 10.00. The van der Waals surface area contributed by atoms with Gasteiger partial charge in [0.25, 0.3) is 0 Å². The Balaban J connectivity index is 1.84. The van der Waals surface area contributed by atoms with E-state index in [1.54, 1.807) is 0 Å². The number of aromatic nitrogens is 1. The van der Waals surface area contributed by atoms with Crippen molar-refractivity contribution in [3.8, 4) is 11.1 Å². The Morgan fingerprint density at radius 2 is 1.75 bits per heavy atom. The second-order valence-electron chi connectivity index (χ2n) is 5.69. The average molecular weight is 309 g/mol. The molecule has 0 amide bonds. The van der Waals surface area contributed by atoms with Gasteiger partial charge in [-0.2, -0.15) is 0 Å². The van der Waals surface area contributed by atoms with Gasteiger partial charge in [0, 0.05) is 11.5 Å². The molecule has 2 aliphatic rings. The molecule has 2 N–H and O–H groups in total. The fraction of sp³-hybridized carbons (Fsp3) is 0.400. The van der Waals surface area contributed by atoms with Crippen LogP contribution in [0, 0.1) is 11.8 Å². The van der Waals surface area contributed by atoms with Gasteiger partial charge in [-0.1, -0.05) is 40.8 Å². The van der Waals surface area contributed by atoms with Crippen LogP contribution in [-0.4, -0.2) is 5.16 Å². The van der Waals surface area contributed by atoms with Crippen molar-refractivity contribution < 1.29 is 4.52 Å². The number of nitrogen functional groups attached to an aromatic ring is 1. The SMILES string of the molecule is Nc1noc(C2C3CCCC32)c1-c1c(Cl)cccc1Cl. The van der Waals surface area contributed by atoms with Crippen molar-refractivity contribution in [3.63, 3.8) is 0 Å². The molecule has 2 atom stereocenters. The average Bonchev–Trinajstić information content (AvgIpc) is 2.76. The standard InChI is InChI=1S/C15H14Cl2N2O/c16-9-5-2-6-10(17)12(9)13-14(20-19-15(13)18)11-7-3-1-4-8(7)11/h2,5-8,11H,1,3-4H2,(H2,18,19). The Hall–Kier alpha value is -1.19. The van der Waals surface area contributed by atoms with Gasteiger partial charge in [0.05, 0.1) is 15.6 Å². The van der Waals surface area contributed by atoms with Gasteiger partial charge in [0.15, 0.2) is 11.6 Å². The summed E-state index contributed by atoms with van der Waals surface area (Å²) >= 11 is 12.6. The minimum Gasteiger partial charge on any atom is -0.380 e. The number of hydrogen-bond donors (Lipinski definition) is 1. The summed E-state index contributed by atoms with van der Waals surface area (Å²) in [6.45, 7) is 0. The molecule has 2 fully saturated rings. The lowest BCUT2D eigenvalue weighted by molar-refractivity contribution is 0.376. The van der Waals surface area contributed by atoms with Crippen LogP contribution in [0.1, 0.15) is 30.9 Å². The number of nitrogens with two attached hydrogens (primary N) is 1. The Kier molecular flexibility index (Phi) is 2.76. The highest BCUT2D eigenvalue weighted by Gasteiger charge is 2.56. The van der Waals surface area contributed by atoms with E-state index in [0.29, 0.717) is 21.8 Å². The molecule has 20 heavy (non-hydrogen) atoms. The van der Waals surface area contributed by atoms with E-state index in [9.17, 15) is 0 Å². The molecular formula is C15H14Cl2N2O. The van der Waals surface area contributed by atoms with Crippen molar-refractivity contribution in [2.24, 2.45) is 11.8 Å². The summed E-state index contributed by atoms with van der Waals surface area (Å²) < 4.78 is 5.53. The van der Waals surface area contributed by atoms with Crippen molar-refractivity contribution in [1.29, 1.82) is 0 Å². The van der Waals surface area contributed by atoms with Gasteiger partial charge in [-0.25, -0.2) is 0 Å². The summed E-state index contributed by atoms with van der Waals surface area (Å²) in [6.07, 6.45) is 3.86. The van der Waals surface area contributed by atoms with Crippen molar-refractivity contribution in [3.05, 3.63) is 34.0 Å². The van der Waals surface area contributed by atoms with E-state index in [0.717, 1.165) is 28.7 Å². The van der Waals surface area contributed by atoms with Gasteiger partial charge in [-0.15, -0.1) is 0 Å². The number of rotatable bonds is 2. The largest absolute Gasteiger partial charge is 0.380 e. The minimum atomic E-state index is 0.375. The molecule has 0 spiro atoms. The second-order valence-corrected chi connectivity index (χ2v) is 6.50. The summed E-state index contributed by atoms with van der Waals surface area (Å²) in [5.74, 6) is 3.13. The lowest BCUT2D eigenvalue weighted by Gasteiger charge is -2.08. The fourth-order valence-corrected chi connectivity index (χ4v) is 4.33. The van der Waals surface area contributed by atoms with Gasteiger partial charge in [0.1, 0.15) is 0 Å². The molecule has 3 nitrogen and oxygen atoms in total. The van der Waals surface area contributed by atoms with Crippen molar-refractivity contribution in [2.75, 3.05) is 5.73 Å². The van der Waals surface area contributed by atoms with Crippen LogP contribution in [0.15, 0.2) is 22.7 Å². The van der Waals surface area contributed by atoms with Crippen molar-refractivity contribution in [2.45, 2.75) is 25.2 Å². The zero-order chi connectivity index (χ0) is 13.9. The van der Waals surface area contributed by atoms with Crippen LogP contribution in [0.2, 0.25) is 10.0 Å². The highest BCUT2D eigenvalue weighted by atomic mass is 35.5. The first kappa shape index (κ1) is 12.5. The molecule has 1 heterocycles. The van der Waals surface area contributed by atoms with Crippen molar-refractivity contribution in [1.82, 2.24) is 5.16 Å². The van der Waals surface area contributed by atoms with E-state index in [1.807, 2.05) is 18.2 Å². The quantitative estimate of drug-likeness (QED) is 0.871. The van der Waals surface area contributed by atoms with Crippen LogP contribution in [0.25, 0.3) is 11.1 Å². The minimum absolute atomic E-state index is 0.375. The number of anilines is 1. The summed E-state index contributed by atoms with van der Waals surface area (Å²) in [6, 6.07) is 5.45. The highest BCUT2D eigenvalue weighted by molar-refractivity contribution is 6.39. The summed E-state index contributed by atoms with van der Waals surface area (Å²) in [5, 5.41) is 5.11. The fourth-order valence-electron chi connectivity index (χ4n) is 3.74. The van der Waals surface area contributed by atoms with Crippen LogP contribution in [0.5, 0.6) is 0 Å². The maximum atomic E-state index is 6.30. The number of nitrogens with zero attached hydrogens (tertiary/aromatic N) is 1. The van der Waals surface area contributed by atoms with Gasteiger partial charge in [-0.05, 0) is 36.8 Å². The van der Waals surface area contributed by atoms with Crippen molar-refractivity contribution >= 4 is 29.0 Å². The van der Waals surface area contributed by atoms with E-state index in [2.05, 4.69) is 5.16 Å². The second kappa shape index (κ2) is 4.40. The van der Waals surface area contributed by atoms with E-state index in [1.165, 1.54) is 19.3 Å². The molecular weight excluding hydrogens is 295 g/mol. The third-order valence-corrected chi connectivity index (χ3v) is 5.30. The molecule has 5 heteroatoms. The molecule has 2 saturated carbocycles. The summed E-state index contributed by atoms with van der Waals surface area (Å²) in [7, 11) is 0. The monoisotopic (exact) mass is 308 g/mol. The van der Waals surface area contributed by atoms with E-state index < -0.39 is 0 Å². The van der Waals surface area contributed by atoms with Crippen LogP contribution in [-0.2, 0) is 0 Å². The zero-order valence-electron chi connectivity index (χ0n) is 10.8. The van der Waals surface area contributed by atoms with E-state index in [-0.39, 0.29) is 0 Å². The first-order chi connectivity index (χ1) is 9.68. The van der Waals surface area contributed by atoms with E-state index in [4.69, 9.17) is 33.5 Å². The summed E-state index contributed by atoms with van der Waals surface area (Å²) in [4.78, 5) is 0. The van der Waals surface area contributed by atoms with Crippen LogP contribution >= 0.6 is 23.2 Å². The zero-order valence-corrected chi connectivity index (χ0v) is 12.3. The van der Waals surface area contributed by atoms with Gasteiger partial charge in [-0.3, -0.25) is 0 Å². The molecule has 4 rings (SSSR count). The Bertz CT molecular complexity index is 652. The first-order valence-corrected chi connectivity index (χ1v) is 7.63. The maximum absolute atomic E-state index is 6.30. The number of halogens is 2. The molecule has 0 aliphatic heterocycles. The third-order valence-electron chi connectivity index (χ3n) is 4.67. The molecule has 2 unspecified atom stereocenters. The topological polar surface area (TPSA) is 52.0 Å². The number of fused-ring (bicyclic) bond motifs is 1. The van der Waals surface area contributed by atoms with Gasteiger partial charge < -0.3 is 10.3 Å². The molecule has 0 bridgehead atoms. The predicted molar refractivity (Wildman–Crippen MR) is 79.9 cm³/mol. The van der Waals surface area contributed by atoms with E-state index >= 15 is 0 Å². The number of benzene rings is 1. The highest BCUT2D eigenvalue weighted by Crippen LogP contribution is 2.65. The summed E-state index contributed by atoms with van der Waals surface area (Å²) in [5.41, 5.74) is 7.54. The molecule has 1 aromatic heterocycles. The van der Waals surface area contributed by atoms with Gasteiger partial charge in [0.2, 0.25) is 0 Å². The maximum Gasteiger partial charge on any atom is 0.175 e. The van der Waals surface area contributed by atoms with Gasteiger partial charge >= 0.3 is 0 Å². The Morgan fingerprint density at radius 1 is 1.10 bits per heavy atom.